The number of nitrogens with two attached hydrogens (primary N) is 1. The van der Waals surface area contributed by atoms with Crippen molar-refractivity contribution in [1.82, 2.24) is 9.55 Å². The molecule has 2 aromatic rings. The molecule has 2 rings (SSSR count). The van der Waals surface area contributed by atoms with Crippen molar-refractivity contribution in [3.8, 4) is 0 Å². The number of nitrogens with zero attached hydrogens (tertiary/aromatic N) is 2. The fraction of sp³-hybridized carbons (Fsp3) is 0.474. The van der Waals surface area contributed by atoms with Crippen molar-refractivity contribution in [3.05, 3.63) is 41.7 Å². The SMILES string of the molecule is CC(C)(C)OC(=O)CCCNc1cc(C(F)(F)F)ccc1Cn1ccnc1N. The third kappa shape index (κ3) is 6.47. The minimum atomic E-state index is -4.44. The average Bonchev–Trinajstić information content (AvgIpc) is 2.95. The van der Waals surface area contributed by atoms with Gasteiger partial charge < -0.3 is 20.4 Å². The Morgan fingerprint density at radius 2 is 2.00 bits per heavy atom. The number of anilines is 2. The Bertz CT molecular complexity index is 810. The molecule has 0 saturated carbocycles. The Hall–Kier alpha value is -2.71. The largest absolute Gasteiger partial charge is 0.460 e. The van der Waals surface area contributed by atoms with Crippen LogP contribution in [0.15, 0.2) is 30.6 Å². The van der Waals surface area contributed by atoms with Gasteiger partial charge in [0, 0.05) is 31.0 Å². The molecule has 1 heterocycles. The molecule has 0 unspecified atom stereocenters. The highest BCUT2D eigenvalue weighted by Gasteiger charge is 2.31. The molecular formula is C19H25F3N4O2. The summed E-state index contributed by atoms with van der Waals surface area (Å²) in [6, 6.07) is 3.52. The van der Waals surface area contributed by atoms with E-state index in [-0.39, 0.29) is 24.9 Å². The van der Waals surface area contributed by atoms with Gasteiger partial charge in [-0.2, -0.15) is 13.2 Å². The molecule has 154 valence electrons. The van der Waals surface area contributed by atoms with Gasteiger partial charge in [-0.1, -0.05) is 6.07 Å². The van der Waals surface area contributed by atoms with E-state index in [1.807, 2.05) is 0 Å². The van der Waals surface area contributed by atoms with Gasteiger partial charge in [-0.15, -0.1) is 0 Å². The summed E-state index contributed by atoms with van der Waals surface area (Å²) in [5.74, 6) is -0.0690. The molecule has 0 aliphatic rings. The van der Waals surface area contributed by atoms with Crippen LogP contribution in [0.5, 0.6) is 0 Å². The molecule has 3 N–H and O–H groups in total. The van der Waals surface area contributed by atoms with Gasteiger partial charge in [-0.3, -0.25) is 4.79 Å². The van der Waals surface area contributed by atoms with E-state index in [9.17, 15) is 18.0 Å². The number of nitrogen functional groups attached to an aromatic ring is 1. The van der Waals surface area contributed by atoms with Crippen LogP contribution in [0.4, 0.5) is 24.8 Å². The lowest BCUT2D eigenvalue weighted by atomic mass is 10.1. The number of benzene rings is 1. The van der Waals surface area contributed by atoms with E-state index in [0.29, 0.717) is 24.2 Å². The van der Waals surface area contributed by atoms with Gasteiger partial charge in [0.2, 0.25) is 0 Å². The van der Waals surface area contributed by atoms with E-state index in [0.717, 1.165) is 12.1 Å². The van der Waals surface area contributed by atoms with E-state index in [2.05, 4.69) is 10.3 Å². The number of alkyl halides is 3. The molecule has 1 aromatic carbocycles. The summed E-state index contributed by atoms with van der Waals surface area (Å²) >= 11 is 0. The van der Waals surface area contributed by atoms with Gasteiger partial charge in [0.15, 0.2) is 5.95 Å². The van der Waals surface area contributed by atoms with Crippen molar-refractivity contribution in [1.29, 1.82) is 0 Å². The number of imidazole rings is 1. The maximum absolute atomic E-state index is 13.1. The van der Waals surface area contributed by atoms with Gasteiger partial charge in [0.1, 0.15) is 5.60 Å². The molecule has 0 fully saturated rings. The van der Waals surface area contributed by atoms with E-state index in [4.69, 9.17) is 10.5 Å². The van der Waals surface area contributed by atoms with Crippen molar-refractivity contribution in [2.75, 3.05) is 17.6 Å². The van der Waals surface area contributed by atoms with Crippen molar-refractivity contribution >= 4 is 17.6 Å². The summed E-state index contributed by atoms with van der Waals surface area (Å²) in [6.45, 7) is 5.94. The topological polar surface area (TPSA) is 82.2 Å². The summed E-state index contributed by atoms with van der Waals surface area (Å²) in [7, 11) is 0. The molecule has 6 nitrogen and oxygen atoms in total. The number of hydrogen-bond donors (Lipinski definition) is 2. The van der Waals surface area contributed by atoms with Crippen LogP contribution in [0.25, 0.3) is 0 Å². The number of hydrogen-bond acceptors (Lipinski definition) is 5. The molecular weight excluding hydrogens is 373 g/mol. The number of nitrogens with one attached hydrogen (secondary N) is 1. The Balaban J connectivity index is 2.07. The van der Waals surface area contributed by atoms with Crippen molar-refractivity contribution in [2.45, 2.75) is 51.9 Å². The summed E-state index contributed by atoms with van der Waals surface area (Å²) in [4.78, 5) is 15.7. The zero-order valence-electron chi connectivity index (χ0n) is 16.1. The first-order valence-corrected chi connectivity index (χ1v) is 8.88. The van der Waals surface area contributed by atoms with Crippen LogP contribution in [0.1, 0.15) is 44.7 Å². The second kappa shape index (κ2) is 8.53. The molecule has 28 heavy (non-hydrogen) atoms. The van der Waals surface area contributed by atoms with Gasteiger partial charge >= 0.3 is 12.1 Å². The van der Waals surface area contributed by atoms with Crippen LogP contribution in [-0.4, -0.2) is 27.7 Å². The molecule has 0 amide bonds. The molecule has 0 saturated heterocycles. The van der Waals surface area contributed by atoms with Gasteiger partial charge in [-0.05, 0) is 44.9 Å². The predicted molar refractivity (Wildman–Crippen MR) is 101 cm³/mol. The highest BCUT2D eigenvalue weighted by Crippen LogP contribution is 2.32. The molecule has 0 aliphatic carbocycles. The van der Waals surface area contributed by atoms with E-state index >= 15 is 0 Å². The van der Waals surface area contributed by atoms with Crippen LogP contribution in [0, 0.1) is 0 Å². The first-order chi connectivity index (χ1) is 13.0. The van der Waals surface area contributed by atoms with Gasteiger partial charge in [-0.25, -0.2) is 4.98 Å². The molecule has 0 aliphatic heterocycles. The Kier molecular flexibility index (Phi) is 6.58. The van der Waals surface area contributed by atoms with Crippen molar-refractivity contribution in [2.24, 2.45) is 0 Å². The van der Waals surface area contributed by atoms with E-state index in [1.54, 1.807) is 31.5 Å². The van der Waals surface area contributed by atoms with Crippen molar-refractivity contribution < 1.29 is 22.7 Å². The Morgan fingerprint density at radius 3 is 2.57 bits per heavy atom. The maximum Gasteiger partial charge on any atom is 0.416 e. The fourth-order valence-electron chi connectivity index (χ4n) is 2.56. The number of aromatic nitrogens is 2. The highest BCUT2D eigenvalue weighted by molar-refractivity contribution is 5.69. The third-order valence-corrected chi connectivity index (χ3v) is 3.82. The number of halogens is 3. The smallest absolute Gasteiger partial charge is 0.416 e. The lowest BCUT2D eigenvalue weighted by molar-refractivity contribution is -0.154. The summed E-state index contributed by atoms with van der Waals surface area (Å²) in [5, 5.41) is 2.99. The van der Waals surface area contributed by atoms with Crippen LogP contribution >= 0.6 is 0 Å². The minimum Gasteiger partial charge on any atom is -0.460 e. The second-order valence-electron chi connectivity index (χ2n) is 7.40. The maximum atomic E-state index is 13.1. The first kappa shape index (κ1) is 21.6. The number of ether oxygens (including phenoxy) is 1. The van der Waals surface area contributed by atoms with E-state index < -0.39 is 17.3 Å². The lowest BCUT2D eigenvalue weighted by Gasteiger charge is -2.19. The minimum absolute atomic E-state index is 0.174. The molecule has 1 aromatic heterocycles. The fourth-order valence-corrected chi connectivity index (χ4v) is 2.56. The Morgan fingerprint density at radius 1 is 1.29 bits per heavy atom. The zero-order valence-corrected chi connectivity index (χ0v) is 16.1. The summed E-state index contributed by atoms with van der Waals surface area (Å²) < 4.78 is 46.1. The van der Waals surface area contributed by atoms with Crippen LogP contribution in [-0.2, 0) is 22.3 Å². The molecule has 0 radical (unpaired) electrons. The first-order valence-electron chi connectivity index (χ1n) is 8.88. The quantitative estimate of drug-likeness (QED) is 0.543. The third-order valence-electron chi connectivity index (χ3n) is 3.82. The van der Waals surface area contributed by atoms with Crippen LogP contribution in [0.3, 0.4) is 0 Å². The van der Waals surface area contributed by atoms with Crippen molar-refractivity contribution in [3.63, 3.8) is 0 Å². The number of rotatable bonds is 7. The predicted octanol–water partition coefficient (Wildman–Crippen LogP) is 4.07. The average molecular weight is 398 g/mol. The monoisotopic (exact) mass is 398 g/mol. The van der Waals surface area contributed by atoms with Crippen LogP contribution in [0.2, 0.25) is 0 Å². The summed E-state index contributed by atoms with van der Waals surface area (Å²) in [6.07, 6.45) is -0.670. The molecule has 0 spiro atoms. The number of esters is 1. The van der Waals surface area contributed by atoms with Gasteiger partial charge in [0.05, 0.1) is 12.1 Å². The Labute approximate surface area is 161 Å². The summed E-state index contributed by atoms with van der Waals surface area (Å²) in [5.41, 5.74) is 5.41. The number of carbonyl (C=O) groups is 1. The van der Waals surface area contributed by atoms with Crippen LogP contribution < -0.4 is 11.1 Å². The van der Waals surface area contributed by atoms with E-state index in [1.165, 1.54) is 12.3 Å². The molecule has 0 bridgehead atoms. The van der Waals surface area contributed by atoms with Gasteiger partial charge in [0.25, 0.3) is 0 Å². The second-order valence-corrected chi connectivity index (χ2v) is 7.40. The highest BCUT2D eigenvalue weighted by atomic mass is 19.4. The number of carbonyl (C=O) groups excluding carboxylic acids is 1. The normalized spacial score (nSPS) is 12.1. The standard InChI is InChI=1S/C19H25F3N4O2/c1-18(2,3)28-16(27)5-4-8-24-15-11-14(19(20,21)22)7-6-13(15)12-26-10-9-25-17(26)23/h6-7,9-11,24H,4-5,8,12H2,1-3H3,(H2,23,25). The molecule has 9 heteroatoms. The lowest BCUT2D eigenvalue weighted by Crippen LogP contribution is -2.24. The molecule has 0 atom stereocenters. The zero-order chi connectivity index (χ0) is 20.9.